The predicted molar refractivity (Wildman–Crippen MR) is 139 cm³/mol. The van der Waals surface area contributed by atoms with Crippen LogP contribution in [-0.4, -0.2) is 34.7 Å². The minimum atomic E-state index is -0.961. The van der Waals surface area contributed by atoms with E-state index < -0.39 is 17.8 Å². The van der Waals surface area contributed by atoms with Gasteiger partial charge in [-0.2, -0.15) is 0 Å². The summed E-state index contributed by atoms with van der Waals surface area (Å²) in [5, 5.41) is 14.8. The molecule has 3 atom stereocenters. The van der Waals surface area contributed by atoms with Crippen LogP contribution in [-0.2, 0) is 14.4 Å². The molecule has 0 spiro atoms. The molecule has 0 heterocycles. The first-order valence-electron chi connectivity index (χ1n) is 11.9. The Balaban J connectivity index is 1.54. The number of carbonyl (C=O) groups is 3. The van der Waals surface area contributed by atoms with Gasteiger partial charge >= 0.3 is 5.97 Å². The third-order valence-electron chi connectivity index (χ3n) is 5.76. The van der Waals surface area contributed by atoms with Gasteiger partial charge in [-0.3, -0.25) is 14.4 Å². The monoisotopic (exact) mass is 496 g/mol. The number of amides is 2. The van der Waals surface area contributed by atoms with E-state index in [9.17, 15) is 19.5 Å². The van der Waals surface area contributed by atoms with Gasteiger partial charge in [-0.05, 0) is 68.7 Å². The lowest BCUT2D eigenvalue weighted by molar-refractivity contribution is -0.146. The van der Waals surface area contributed by atoms with Gasteiger partial charge in [0, 0.05) is 16.3 Å². The fraction of sp³-hybridized carbons (Fsp3) is 0.370. The Morgan fingerprint density at radius 3 is 2.43 bits per heavy atom. The van der Waals surface area contributed by atoms with Gasteiger partial charge in [0.2, 0.25) is 11.8 Å². The number of nitrogens with one attached hydrogen (secondary N) is 2. The maximum absolute atomic E-state index is 12.7. The van der Waals surface area contributed by atoms with E-state index in [1.165, 1.54) is 11.8 Å². The second kappa shape index (κ2) is 13.0. The second-order valence-electron chi connectivity index (χ2n) is 8.49. The van der Waals surface area contributed by atoms with Crippen LogP contribution >= 0.6 is 11.8 Å². The number of ether oxygens (including phenoxy) is 1. The first-order valence-corrected chi connectivity index (χ1v) is 12.7. The number of thioether (sulfide) groups is 1. The minimum Gasteiger partial charge on any atom is -0.494 e. The van der Waals surface area contributed by atoms with Crippen LogP contribution in [0.15, 0.2) is 65.6 Å². The summed E-state index contributed by atoms with van der Waals surface area (Å²) >= 11 is 1.38. The SMILES string of the molecule is CCCCOc1ccc(NC(=O)C(C)Sc2cccc(NC(=O)C3CC=CCC3C(=O)O)c2)cc1. The average molecular weight is 497 g/mol. The predicted octanol–water partition coefficient (Wildman–Crippen LogP) is 5.59. The number of hydrogen-bond donors (Lipinski definition) is 3. The Morgan fingerprint density at radius 2 is 1.74 bits per heavy atom. The molecule has 1 aliphatic carbocycles. The topological polar surface area (TPSA) is 105 Å². The van der Waals surface area contributed by atoms with Gasteiger partial charge < -0.3 is 20.5 Å². The van der Waals surface area contributed by atoms with Crippen LogP contribution in [0.2, 0.25) is 0 Å². The zero-order valence-corrected chi connectivity index (χ0v) is 20.8. The van der Waals surface area contributed by atoms with E-state index in [1.54, 1.807) is 18.2 Å². The molecule has 0 aliphatic heterocycles. The van der Waals surface area contributed by atoms with Crippen molar-refractivity contribution in [2.75, 3.05) is 17.2 Å². The normalized spacial score (nSPS) is 17.9. The highest BCUT2D eigenvalue weighted by molar-refractivity contribution is 8.00. The molecule has 8 heteroatoms. The molecule has 2 amide bonds. The first-order chi connectivity index (χ1) is 16.9. The van der Waals surface area contributed by atoms with E-state index in [0.717, 1.165) is 23.5 Å². The summed E-state index contributed by atoms with van der Waals surface area (Å²) in [6.07, 6.45) is 6.48. The summed E-state index contributed by atoms with van der Waals surface area (Å²) in [5.74, 6) is -1.96. The lowest BCUT2D eigenvalue weighted by Gasteiger charge is -2.24. The van der Waals surface area contributed by atoms with Crippen molar-refractivity contribution in [3.63, 3.8) is 0 Å². The minimum absolute atomic E-state index is 0.137. The van der Waals surface area contributed by atoms with Gasteiger partial charge in [0.05, 0.1) is 23.7 Å². The number of carbonyl (C=O) groups excluding carboxylic acids is 2. The number of benzene rings is 2. The molecule has 2 aromatic rings. The van der Waals surface area contributed by atoms with Crippen molar-refractivity contribution in [1.82, 2.24) is 0 Å². The summed E-state index contributed by atoms with van der Waals surface area (Å²) in [7, 11) is 0. The van der Waals surface area contributed by atoms with Crippen LogP contribution in [0.25, 0.3) is 0 Å². The van der Waals surface area contributed by atoms with Gasteiger partial charge in [0.15, 0.2) is 0 Å². The zero-order valence-electron chi connectivity index (χ0n) is 20.0. The third kappa shape index (κ3) is 7.89. The molecule has 7 nitrogen and oxygen atoms in total. The van der Waals surface area contributed by atoms with Crippen molar-refractivity contribution < 1.29 is 24.2 Å². The fourth-order valence-electron chi connectivity index (χ4n) is 3.73. The Bertz CT molecular complexity index is 1050. The summed E-state index contributed by atoms with van der Waals surface area (Å²) in [6.45, 7) is 4.60. The second-order valence-corrected chi connectivity index (χ2v) is 9.90. The van der Waals surface area contributed by atoms with E-state index in [-0.39, 0.29) is 17.1 Å². The lowest BCUT2D eigenvalue weighted by Crippen LogP contribution is -2.34. The number of allylic oxidation sites excluding steroid dienone is 2. The number of carboxylic acid groups (broad SMARTS) is 1. The van der Waals surface area contributed by atoms with Crippen molar-refractivity contribution in [3.05, 3.63) is 60.7 Å². The molecule has 1 aliphatic rings. The molecule has 35 heavy (non-hydrogen) atoms. The quantitative estimate of drug-likeness (QED) is 0.213. The third-order valence-corrected chi connectivity index (χ3v) is 6.85. The standard InChI is InChI=1S/C27H32N2O5S/c1-3-4-16-34-21-14-12-19(13-15-21)28-25(30)18(2)35-22-9-7-8-20(17-22)29-26(31)23-10-5-6-11-24(23)27(32)33/h5-9,12-15,17-18,23-24H,3-4,10-11,16H2,1-2H3,(H,28,30)(H,29,31)(H,32,33). The van der Waals surface area contributed by atoms with E-state index in [4.69, 9.17) is 4.74 Å². The molecule has 0 radical (unpaired) electrons. The zero-order chi connectivity index (χ0) is 25.2. The highest BCUT2D eigenvalue weighted by Gasteiger charge is 2.34. The Hall–Kier alpha value is -3.26. The van der Waals surface area contributed by atoms with Gasteiger partial charge in [-0.1, -0.05) is 31.6 Å². The smallest absolute Gasteiger partial charge is 0.307 e. The highest BCUT2D eigenvalue weighted by atomic mass is 32.2. The van der Waals surface area contributed by atoms with Gasteiger partial charge in [-0.15, -0.1) is 11.8 Å². The number of anilines is 2. The molecule has 0 bridgehead atoms. The Labute approximate surface area is 210 Å². The fourth-order valence-corrected chi connectivity index (χ4v) is 4.66. The molecule has 0 saturated heterocycles. The number of carboxylic acids is 1. The lowest BCUT2D eigenvalue weighted by atomic mass is 9.82. The van der Waals surface area contributed by atoms with Gasteiger partial charge in [0.1, 0.15) is 5.75 Å². The number of hydrogen-bond acceptors (Lipinski definition) is 5. The molecule has 0 saturated carbocycles. The molecule has 3 rings (SSSR count). The van der Waals surface area contributed by atoms with Crippen LogP contribution < -0.4 is 15.4 Å². The Kier molecular flexibility index (Phi) is 9.78. The van der Waals surface area contributed by atoms with Crippen molar-refractivity contribution >= 4 is 40.9 Å². The number of rotatable bonds is 11. The van der Waals surface area contributed by atoms with E-state index in [0.29, 0.717) is 30.8 Å². The molecule has 0 fully saturated rings. The van der Waals surface area contributed by atoms with Crippen molar-refractivity contribution in [3.8, 4) is 5.75 Å². The summed E-state index contributed by atoms with van der Waals surface area (Å²) in [6, 6.07) is 14.5. The molecule has 3 N–H and O–H groups in total. The van der Waals surface area contributed by atoms with Crippen molar-refractivity contribution in [1.29, 1.82) is 0 Å². The van der Waals surface area contributed by atoms with Gasteiger partial charge in [0.25, 0.3) is 0 Å². The maximum atomic E-state index is 12.7. The first kappa shape index (κ1) is 26.3. The summed E-state index contributed by atoms with van der Waals surface area (Å²) in [4.78, 5) is 37.7. The molecular weight excluding hydrogens is 464 g/mol. The van der Waals surface area contributed by atoms with Crippen LogP contribution in [0.4, 0.5) is 11.4 Å². The van der Waals surface area contributed by atoms with Crippen molar-refractivity contribution in [2.45, 2.75) is 49.7 Å². The summed E-state index contributed by atoms with van der Waals surface area (Å²) in [5.41, 5.74) is 1.27. The van der Waals surface area contributed by atoms with Crippen molar-refractivity contribution in [2.24, 2.45) is 11.8 Å². The van der Waals surface area contributed by atoms with Crippen LogP contribution in [0.5, 0.6) is 5.75 Å². The van der Waals surface area contributed by atoms with Crippen LogP contribution in [0.3, 0.4) is 0 Å². The van der Waals surface area contributed by atoms with E-state index >= 15 is 0 Å². The van der Waals surface area contributed by atoms with E-state index in [2.05, 4.69) is 17.6 Å². The van der Waals surface area contributed by atoms with E-state index in [1.807, 2.05) is 49.4 Å². The number of unbranched alkanes of at least 4 members (excludes halogenated alkanes) is 1. The number of aliphatic carboxylic acids is 1. The molecule has 3 unspecified atom stereocenters. The van der Waals surface area contributed by atoms with Gasteiger partial charge in [-0.25, -0.2) is 0 Å². The highest BCUT2D eigenvalue weighted by Crippen LogP contribution is 2.30. The Morgan fingerprint density at radius 1 is 1.03 bits per heavy atom. The van der Waals surface area contributed by atoms with Crippen LogP contribution in [0.1, 0.15) is 39.5 Å². The summed E-state index contributed by atoms with van der Waals surface area (Å²) < 4.78 is 5.65. The molecule has 2 aromatic carbocycles. The molecular formula is C27H32N2O5S. The largest absolute Gasteiger partial charge is 0.494 e. The maximum Gasteiger partial charge on any atom is 0.307 e. The molecule has 186 valence electrons. The average Bonchev–Trinajstić information content (AvgIpc) is 2.85. The van der Waals surface area contributed by atoms with Crippen LogP contribution in [0, 0.1) is 11.8 Å². The molecule has 0 aromatic heterocycles.